The third-order valence-corrected chi connectivity index (χ3v) is 3.39. The van der Waals surface area contributed by atoms with Crippen LogP contribution in [0, 0.1) is 0 Å². The van der Waals surface area contributed by atoms with Crippen molar-refractivity contribution in [1.82, 2.24) is 10.2 Å². The minimum atomic E-state index is -3.84. The van der Waals surface area contributed by atoms with Gasteiger partial charge in [0.05, 0.1) is 11.5 Å². The second-order valence-electron chi connectivity index (χ2n) is 3.55. The summed E-state index contributed by atoms with van der Waals surface area (Å²) in [5.74, 6) is 0. The molecule has 0 atom stereocenters. The number of benzene rings is 1. The SMILES string of the molecule is CCCCONC(=O)NS(=O)(=O)c1ccccc1. The van der Waals surface area contributed by atoms with Crippen molar-refractivity contribution in [2.24, 2.45) is 0 Å². The van der Waals surface area contributed by atoms with Crippen molar-refractivity contribution in [3.63, 3.8) is 0 Å². The normalized spacial score (nSPS) is 10.9. The Balaban J connectivity index is 2.49. The van der Waals surface area contributed by atoms with E-state index in [0.29, 0.717) is 6.61 Å². The maximum Gasteiger partial charge on any atom is 0.352 e. The van der Waals surface area contributed by atoms with Crippen LogP contribution in [-0.4, -0.2) is 21.1 Å². The number of carbonyl (C=O) groups is 1. The van der Waals surface area contributed by atoms with Crippen LogP contribution in [0.25, 0.3) is 0 Å². The average molecular weight is 272 g/mol. The zero-order valence-corrected chi connectivity index (χ0v) is 10.9. The smallest absolute Gasteiger partial charge is 0.272 e. The molecule has 18 heavy (non-hydrogen) atoms. The van der Waals surface area contributed by atoms with Gasteiger partial charge in [-0.2, -0.15) is 0 Å². The first-order valence-electron chi connectivity index (χ1n) is 5.56. The van der Waals surface area contributed by atoms with E-state index in [1.54, 1.807) is 18.2 Å². The summed E-state index contributed by atoms with van der Waals surface area (Å²) >= 11 is 0. The molecule has 7 heteroatoms. The van der Waals surface area contributed by atoms with Gasteiger partial charge in [0.15, 0.2) is 0 Å². The van der Waals surface area contributed by atoms with Crippen LogP contribution >= 0.6 is 0 Å². The molecule has 0 bridgehead atoms. The van der Waals surface area contributed by atoms with Crippen LogP contribution in [0.4, 0.5) is 4.79 Å². The molecular formula is C11H16N2O4S. The van der Waals surface area contributed by atoms with Crippen LogP contribution < -0.4 is 10.2 Å². The number of nitrogens with one attached hydrogen (secondary N) is 2. The van der Waals surface area contributed by atoms with Crippen LogP contribution in [-0.2, 0) is 14.9 Å². The summed E-state index contributed by atoms with van der Waals surface area (Å²) in [7, 11) is -3.84. The second kappa shape index (κ2) is 6.97. The molecular weight excluding hydrogens is 256 g/mol. The van der Waals surface area contributed by atoms with Gasteiger partial charge < -0.3 is 0 Å². The van der Waals surface area contributed by atoms with Crippen molar-refractivity contribution in [2.75, 3.05) is 6.61 Å². The monoisotopic (exact) mass is 272 g/mol. The van der Waals surface area contributed by atoms with E-state index in [1.165, 1.54) is 12.1 Å². The molecule has 2 amide bonds. The Morgan fingerprint density at radius 1 is 1.28 bits per heavy atom. The Hall–Kier alpha value is -1.60. The molecule has 0 saturated heterocycles. The van der Waals surface area contributed by atoms with E-state index in [-0.39, 0.29) is 4.90 Å². The van der Waals surface area contributed by atoms with E-state index in [1.807, 2.05) is 17.1 Å². The van der Waals surface area contributed by atoms with Crippen molar-refractivity contribution >= 4 is 16.1 Å². The summed E-state index contributed by atoms with van der Waals surface area (Å²) < 4.78 is 25.3. The number of hydroxylamine groups is 1. The molecule has 100 valence electrons. The first-order chi connectivity index (χ1) is 8.56. The minimum absolute atomic E-state index is 0.0220. The van der Waals surface area contributed by atoms with E-state index >= 15 is 0 Å². The third kappa shape index (κ3) is 4.72. The minimum Gasteiger partial charge on any atom is -0.272 e. The Morgan fingerprint density at radius 2 is 1.94 bits per heavy atom. The van der Waals surface area contributed by atoms with Crippen molar-refractivity contribution < 1.29 is 18.0 Å². The largest absolute Gasteiger partial charge is 0.352 e. The Morgan fingerprint density at radius 3 is 2.56 bits per heavy atom. The molecule has 1 aromatic rings. The quantitative estimate of drug-likeness (QED) is 0.605. The molecule has 0 aliphatic carbocycles. The van der Waals surface area contributed by atoms with Gasteiger partial charge in [0.1, 0.15) is 0 Å². The standard InChI is InChI=1S/C11H16N2O4S/c1-2-3-9-17-12-11(14)13-18(15,16)10-7-5-4-6-8-10/h4-8H,2-3,9H2,1H3,(H2,12,13,14). The van der Waals surface area contributed by atoms with E-state index in [0.717, 1.165) is 12.8 Å². The van der Waals surface area contributed by atoms with Crippen molar-refractivity contribution in [3.8, 4) is 0 Å². The summed E-state index contributed by atoms with van der Waals surface area (Å²) in [4.78, 5) is 16.1. The van der Waals surface area contributed by atoms with Gasteiger partial charge in [-0.15, -0.1) is 0 Å². The summed E-state index contributed by atoms with van der Waals surface area (Å²) in [6, 6.07) is 6.72. The average Bonchev–Trinajstić information content (AvgIpc) is 2.35. The van der Waals surface area contributed by atoms with E-state index < -0.39 is 16.1 Å². The zero-order chi connectivity index (χ0) is 13.4. The number of hydrogen-bond acceptors (Lipinski definition) is 4. The van der Waals surface area contributed by atoms with Gasteiger partial charge in [-0.25, -0.2) is 23.4 Å². The Kier molecular flexibility index (Phi) is 5.60. The fraction of sp³-hybridized carbons (Fsp3) is 0.364. The maximum absolute atomic E-state index is 11.7. The van der Waals surface area contributed by atoms with Crippen LogP contribution in [0.1, 0.15) is 19.8 Å². The number of rotatable bonds is 6. The molecule has 1 rings (SSSR count). The van der Waals surface area contributed by atoms with Gasteiger partial charge in [0.2, 0.25) is 0 Å². The van der Waals surface area contributed by atoms with Gasteiger partial charge in [-0.3, -0.25) is 4.84 Å². The third-order valence-electron chi connectivity index (χ3n) is 2.05. The van der Waals surface area contributed by atoms with Crippen molar-refractivity contribution in [1.29, 1.82) is 0 Å². The Labute approximate surface area is 106 Å². The van der Waals surface area contributed by atoms with Crippen molar-refractivity contribution in [3.05, 3.63) is 30.3 Å². The molecule has 0 saturated carbocycles. The number of unbranched alkanes of at least 4 members (excludes halogenated alkanes) is 1. The Bertz CT molecular complexity index is 473. The number of hydrogen-bond donors (Lipinski definition) is 2. The topological polar surface area (TPSA) is 84.5 Å². The first-order valence-corrected chi connectivity index (χ1v) is 7.04. The van der Waals surface area contributed by atoms with Crippen LogP contribution in [0.3, 0.4) is 0 Å². The van der Waals surface area contributed by atoms with E-state index in [9.17, 15) is 13.2 Å². The number of sulfonamides is 1. The van der Waals surface area contributed by atoms with Crippen LogP contribution in [0.5, 0.6) is 0 Å². The highest BCUT2D eigenvalue weighted by molar-refractivity contribution is 7.90. The summed E-state index contributed by atoms with van der Waals surface area (Å²) in [5.41, 5.74) is 2.01. The van der Waals surface area contributed by atoms with Crippen molar-refractivity contribution in [2.45, 2.75) is 24.7 Å². The lowest BCUT2D eigenvalue weighted by molar-refractivity contribution is 0.0612. The summed E-state index contributed by atoms with van der Waals surface area (Å²) in [6.07, 6.45) is 1.71. The first kappa shape index (κ1) is 14.5. The molecule has 0 aliphatic rings. The van der Waals surface area contributed by atoms with Gasteiger partial charge in [0, 0.05) is 0 Å². The predicted octanol–water partition coefficient (Wildman–Crippen LogP) is 1.41. The molecule has 1 aromatic carbocycles. The molecule has 0 radical (unpaired) electrons. The molecule has 0 unspecified atom stereocenters. The van der Waals surface area contributed by atoms with Crippen LogP contribution in [0.15, 0.2) is 35.2 Å². The molecule has 6 nitrogen and oxygen atoms in total. The lowest BCUT2D eigenvalue weighted by Gasteiger charge is -2.08. The molecule has 0 heterocycles. The highest BCUT2D eigenvalue weighted by Gasteiger charge is 2.16. The second-order valence-corrected chi connectivity index (χ2v) is 5.23. The van der Waals surface area contributed by atoms with Gasteiger partial charge in [0.25, 0.3) is 10.0 Å². The lowest BCUT2D eigenvalue weighted by atomic mass is 10.4. The number of carbonyl (C=O) groups excluding carboxylic acids is 1. The maximum atomic E-state index is 11.7. The molecule has 0 fully saturated rings. The summed E-state index contributed by atoms with van der Waals surface area (Å²) in [6.45, 7) is 2.32. The zero-order valence-electron chi connectivity index (χ0n) is 10.0. The van der Waals surface area contributed by atoms with E-state index in [4.69, 9.17) is 4.84 Å². The highest BCUT2D eigenvalue weighted by Crippen LogP contribution is 2.06. The fourth-order valence-electron chi connectivity index (χ4n) is 1.13. The van der Waals surface area contributed by atoms with Crippen LogP contribution in [0.2, 0.25) is 0 Å². The number of amides is 2. The van der Waals surface area contributed by atoms with E-state index in [2.05, 4.69) is 0 Å². The fourth-order valence-corrected chi connectivity index (χ4v) is 2.05. The molecule has 0 aromatic heterocycles. The highest BCUT2D eigenvalue weighted by atomic mass is 32.2. The van der Waals surface area contributed by atoms with Gasteiger partial charge in [-0.05, 0) is 18.6 Å². The molecule has 0 aliphatic heterocycles. The van der Waals surface area contributed by atoms with Gasteiger partial charge >= 0.3 is 6.03 Å². The predicted molar refractivity (Wildman–Crippen MR) is 66.2 cm³/mol. The summed E-state index contributed by atoms with van der Waals surface area (Å²) in [5, 5.41) is 0. The molecule has 2 N–H and O–H groups in total. The van der Waals surface area contributed by atoms with Gasteiger partial charge in [-0.1, -0.05) is 31.5 Å². The molecule has 0 spiro atoms. The number of urea groups is 1. The lowest BCUT2D eigenvalue weighted by Crippen LogP contribution is -2.39.